The zero-order chi connectivity index (χ0) is 34.6. The second kappa shape index (κ2) is 14.3. The van der Waals surface area contributed by atoms with E-state index in [1.807, 2.05) is 0 Å². The van der Waals surface area contributed by atoms with Crippen LogP contribution in [0.15, 0.2) is 180 Å². The van der Waals surface area contributed by atoms with Gasteiger partial charge < -0.3 is 9.80 Å². The Morgan fingerprint density at radius 3 is 0.940 bits per heavy atom. The van der Waals surface area contributed by atoms with Crippen LogP contribution in [-0.4, -0.2) is 64.8 Å². The zero-order valence-corrected chi connectivity index (χ0v) is 31.4. The van der Waals surface area contributed by atoms with Crippen LogP contribution in [-0.2, 0) is 0 Å². The lowest BCUT2D eigenvalue weighted by molar-refractivity contribution is 0.386. The Bertz CT molecular complexity index is 1880. The standard InChI is InChI=1S/C44H44N4Si2/c1-47-33-34-48(2)44(46-40-30-18-20-32-42(40)50(4,37-25-13-7-14-26-37)38-27-15-8-16-28-38)43(47)45-39-29-17-19-31-41(39)49(3,35-21-9-5-10-22-35)36-23-11-6-12-24-36/h5-32H,33-34H2,1-4H3. The molecule has 0 unspecified atom stereocenters. The molecule has 0 aromatic heterocycles. The van der Waals surface area contributed by atoms with Gasteiger partial charge in [-0.1, -0.05) is 171 Å². The fourth-order valence-electron chi connectivity index (χ4n) is 7.38. The van der Waals surface area contributed by atoms with Crippen molar-refractivity contribution in [2.24, 2.45) is 9.98 Å². The van der Waals surface area contributed by atoms with Gasteiger partial charge in [-0.05, 0) is 43.3 Å². The molecule has 1 heterocycles. The molecule has 6 heteroatoms. The molecule has 1 aliphatic rings. The maximum absolute atomic E-state index is 5.57. The minimum absolute atomic E-state index is 0.866. The fourth-order valence-corrected chi connectivity index (χ4v) is 14.9. The third-order valence-electron chi connectivity index (χ3n) is 10.4. The van der Waals surface area contributed by atoms with Crippen LogP contribution in [0.25, 0.3) is 0 Å². The highest BCUT2D eigenvalue weighted by atomic mass is 28.3. The molecule has 6 aromatic carbocycles. The Morgan fingerprint density at radius 2 is 0.640 bits per heavy atom. The van der Waals surface area contributed by atoms with Gasteiger partial charge in [0.1, 0.15) is 16.1 Å². The predicted octanol–water partition coefficient (Wildman–Crippen LogP) is 5.52. The maximum atomic E-state index is 5.57. The second-order valence-electron chi connectivity index (χ2n) is 13.5. The molecular weight excluding hydrogens is 641 g/mol. The molecule has 0 amide bonds. The van der Waals surface area contributed by atoms with Gasteiger partial charge in [0.05, 0.1) is 11.4 Å². The van der Waals surface area contributed by atoms with Gasteiger partial charge in [0.25, 0.3) is 0 Å². The molecule has 1 saturated heterocycles. The molecule has 0 N–H and O–H groups in total. The quantitative estimate of drug-likeness (QED) is 0.156. The molecule has 0 atom stereocenters. The summed E-state index contributed by atoms with van der Waals surface area (Å²) in [4.78, 5) is 15.7. The van der Waals surface area contributed by atoms with Gasteiger partial charge in [-0.15, -0.1) is 0 Å². The first-order valence-electron chi connectivity index (χ1n) is 17.4. The van der Waals surface area contributed by atoms with Crippen molar-refractivity contribution in [1.82, 2.24) is 9.80 Å². The van der Waals surface area contributed by atoms with Crippen LogP contribution >= 0.6 is 0 Å². The predicted molar refractivity (Wildman–Crippen MR) is 219 cm³/mol. The number of likely N-dealkylation sites (N-methyl/N-ethyl adjacent to an activating group) is 2. The number of hydrogen-bond donors (Lipinski definition) is 0. The Balaban J connectivity index is 1.41. The van der Waals surface area contributed by atoms with Crippen molar-refractivity contribution < 1.29 is 0 Å². The van der Waals surface area contributed by atoms with Crippen LogP contribution in [0.3, 0.4) is 0 Å². The molecule has 6 aromatic rings. The third-order valence-corrected chi connectivity index (χ3v) is 19.4. The van der Waals surface area contributed by atoms with E-state index >= 15 is 0 Å². The molecule has 0 bridgehead atoms. The first-order chi connectivity index (χ1) is 24.4. The van der Waals surface area contributed by atoms with Crippen molar-refractivity contribution in [2.75, 3.05) is 27.2 Å². The van der Waals surface area contributed by atoms with E-state index in [0.29, 0.717) is 0 Å². The third kappa shape index (κ3) is 6.17. The fraction of sp³-hybridized carbons (Fsp3) is 0.136. The first-order valence-corrected chi connectivity index (χ1v) is 22.4. The van der Waals surface area contributed by atoms with Gasteiger partial charge in [-0.25, -0.2) is 9.98 Å². The molecule has 1 fully saturated rings. The topological polar surface area (TPSA) is 31.2 Å². The smallest absolute Gasteiger partial charge is 0.172 e. The SMILES string of the molecule is CN1CCN(C)C(=Nc2ccccc2[Si](C)(c2ccccc2)c2ccccc2)C1=Nc1ccccc1[Si](C)(c1ccccc1)c1ccccc1. The number of piperazine rings is 1. The summed E-state index contributed by atoms with van der Waals surface area (Å²) >= 11 is 0. The summed E-state index contributed by atoms with van der Waals surface area (Å²) in [7, 11) is -0.556. The highest BCUT2D eigenvalue weighted by Crippen LogP contribution is 2.22. The van der Waals surface area contributed by atoms with E-state index < -0.39 is 16.1 Å². The largest absolute Gasteiger partial charge is 0.355 e. The van der Waals surface area contributed by atoms with Crippen LogP contribution in [0, 0.1) is 0 Å². The number of rotatable bonds is 8. The Labute approximate surface area is 299 Å². The lowest BCUT2D eigenvalue weighted by atomic mass is 10.2. The number of amidine groups is 2. The Kier molecular flexibility index (Phi) is 9.48. The zero-order valence-electron chi connectivity index (χ0n) is 29.4. The first kappa shape index (κ1) is 33.2. The minimum Gasteiger partial charge on any atom is -0.355 e. The van der Waals surface area contributed by atoms with E-state index in [9.17, 15) is 0 Å². The van der Waals surface area contributed by atoms with Crippen molar-refractivity contribution in [3.05, 3.63) is 170 Å². The normalized spacial score (nSPS) is 15.4. The highest BCUT2D eigenvalue weighted by Gasteiger charge is 2.38. The summed E-state index contributed by atoms with van der Waals surface area (Å²) in [5, 5.41) is 8.03. The van der Waals surface area contributed by atoms with Crippen molar-refractivity contribution in [2.45, 2.75) is 13.1 Å². The molecule has 4 nitrogen and oxygen atoms in total. The highest BCUT2D eigenvalue weighted by molar-refractivity contribution is 7.12. The van der Waals surface area contributed by atoms with Crippen molar-refractivity contribution in [1.29, 1.82) is 0 Å². The molecule has 0 spiro atoms. The van der Waals surface area contributed by atoms with E-state index in [0.717, 1.165) is 36.1 Å². The van der Waals surface area contributed by atoms with Gasteiger partial charge in [0.2, 0.25) is 0 Å². The van der Waals surface area contributed by atoms with E-state index in [-0.39, 0.29) is 0 Å². The number of para-hydroxylation sites is 2. The summed E-state index contributed by atoms with van der Waals surface area (Å²) in [6.07, 6.45) is 0. The van der Waals surface area contributed by atoms with E-state index in [1.54, 1.807) is 0 Å². The number of nitrogens with zero attached hydrogens (tertiary/aromatic N) is 4. The van der Waals surface area contributed by atoms with Crippen molar-refractivity contribution in [3.63, 3.8) is 0 Å². The molecule has 0 saturated carbocycles. The number of benzene rings is 6. The molecule has 0 aliphatic carbocycles. The van der Waals surface area contributed by atoms with Gasteiger partial charge >= 0.3 is 0 Å². The molecular formula is C44H44N4Si2. The summed E-state index contributed by atoms with van der Waals surface area (Å²) in [6, 6.07) is 61.5. The Morgan fingerprint density at radius 1 is 0.380 bits per heavy atom. The van der Waals surface area contributed by atoms with Gasteiger partial charge in [0.15, 0.2) is 11.7 Å². The van der Waals surface area contributed by atoms with Gasteiger partial charge in [0, 0.05) is 27.2 Å². The van der Waals surface area contributed by atoms with Crippen molar-refractivity contribution in [3.8, 4) is 0 Å². The van der Waals surface area contributed by atoms with Crippen molar-refractivity contribution >= 4 is 70.3 Å². The van der Waals surface area contributed by atoms with Gasteiger partial charge in [-0.2, -0.15) is 0 Å². The van der Waals surface area contributed by atoms with E-state index in [4.69, 9.17) is 9.98 Å². The van der Waals surface area contributed by atoms with Crippen LogP contribution in [0.5, 0.6) is 0 Å². The average Bonchev–Trinajstić information content (AvgIpc) is 3.18. The molecule has 1 aliphatic heterocycles. The molecule has 50 heavy (non-hydrogen) atoms. The van der Waals surface area contributed by atoms with Crippen LogP contribution in [0.1, 0.15) is 0 Å². The summed E-state index contributed by atoms with van der Waals surface area (Å²) in [6.45, 7) is 6.64. The lowest BCUT2D eigenvalue weighted by Crippen LogP contribution is -2.65. The van der Waals surface area contributed by atoms with Crippen LogP contribution in [0.2, 0.25) is 13.1 Å². The number of aliphatic imine (C=N–C) groups is 2. The molecule has 7 rings (SSSR count). The van der Waals surface area contributed by atoms with Crippen LogP contribution < -0.4 is 31.1 Å². The Hall–Kier alpha value is -5.31. The van der Waals surface area contributed by atoms with Crippen LogP contribution in [0.4, 0.5) is 11.4 Å². The minimum atomic E-state index is -2.42. The lowest BCUT2D eigenvalue weighted by Gasteiger charge is -2.36. The maximum Gasteiger partial charge on any atom is 0.172 e. The van der Waals surface area contributed by atoms with E-state index in [1.165, 1.54) is 31.1 Å². The van der Waals surface area contributed by atoms with E-state index in [2.05, 4.69) is 207 Å². The summed E-state index contributed by atoms with van der Waals surface area (Å²) in [5.41, 5.74) is 2.00. The summed E-state index contributed by atoms with van der Waals surface area (Å²) in [5.74, 6) is 1.78. The average molecular weight is 685 g/mol. The second-order valence-corrected chi connectivity index (χ2v) is 21.3. The molecule has 248 valence electrons. The monoisotopic (exact) mass is 684 g/mol. The summed E-state index contributed by atoms with van der Waals surface area (Å²) < 4.78 is 0. The number of hydrogen-bond acceptors (Lipinski definition) is 2. The molecule has 0 radical (unpaired) electrons. The van der Waals surface area contributed by atoms with Gasteiger partial charge in [-0.3, -0.25) is 0 Å².